The molecule has 2 aromatic carbocycles. The molecule has 0 unspecified atom stereocenters. The predicted molar refractivity (Wildman–Crippen MR) is 92.0 cm³/mol. The van der Waals surface area contributed by atoms with Crippen molar-refractivity contribution in [2.75, 3.05) is 27.2 Å². The summed E-state index contributed by atoms with van der Waals surface area (Å²) >= 11 is 0. The molecular weight excluding hydrogens is 286 g/mol. The van der Waals surface area contributed by atoms with Crippen LogP contribution < -0.4 is 0 Å². The number of Topliss-reactive ketones (excluding diaryl/α,β-unsaturated/α-hetero) is 1. The summed E-state index contributed by atoms with van der Waals surface area (Å²) in [6, 6.07) is 19.0. The fourth-order valence-corrected chi connectivity index (χ4v) is 2.63. The summed E-state index contributed by atoms with van der Waals surface area (Å²) in [7, 11) is 3.72. The van der Waals surface area contributed by atoms with E-state index >= 15 is 0 Å². The second-order valence-electron chi connectivity index (χ2n) is 5.57. The predicted octanol–water partition coefficient (Wildman–Crippen LogP) is 2.71. The van der Waals surface area contributed by atoms with E-state index in [2.05, 4.69) is 5.92 Å². The van der Waals surface area contributed by atoms with E-state index in [0.29, 0.717) is 0 Å². The number of likely N-dealkylation sites (N-methyl/N-ethyl adjacent to an activating group) is 1. The molecule has 0 aliphatic rings. The first-order chi connectivity index (χ1) is 11.1. The summed E-state index contributed by atoms with van der Waals surface area (Å²) in [5, 5.41) is 0. The average molecular weight is 307 g/mol. The van der Waals surface area contributed by atoms with Gasteiger partial charge in [-0.3, -0.25) is 4.79 Å². The minimum Gasteiger partial charge on any atom is -0.345 e. The molecule has 118 valence electrons. The van der Waals surface area contributed by atoms with Gasteiger partial charge < -0.3 is 9.64 Å². The molecule has 0 atom stereocenters. The van der Waals surface area contributed by atoms with Crippen LogP contribution in [0.15, 0.2) is 60.7 Å². The lowest BCUT2D eigenvalue weighted by Crippen LogP contribution is -2.44. The smallest absolute Gasteiger partial charge is 0.187 e. The average Bonchev–Trinajstić information content (AvgIpc) is 2.57. The van der Waals surface area contributed by atoms with Crippen LogP contribution in [-0.2, 0) is 15.1 Å². The van der Waals surface area contributed by atoms with Crippen LogP contribution in [0.3, 0.4) is 0 Å². The van der Waals surface area contributed by atoms with Crippen molar-refractivity contribution in [1.82, 2.24) is 4.90 Å². The fraction of sp³-hybridized carbons (Fsp3) is 0.250. The number of hydrogen-bond acceptors (Lipinski definition) is 3. The first kappa shape index (κ1) is 17.0. The minimum absolute atomic E-state index is 0.0462. The Labute approximate surface area is 137 Å². The molecule has 23 heavy (non-hydrogen) atoms. The van der Waals surface area contributed by atoms with E-state index in [0.717, 1.165) is 11.1 Å². The third kappa shape index (κ3) is 3.68. The number of hydrogen-bond donors (Lipinski definition) is 0. The number of nitrogens with zero attached hydrogens (tertiary/aromatic N) is 1. The van der Waals surface area contributed by atoms with Gasteiger partial charge in [-0.1, -0.05) is 66.6 Å². The Morgan fingerprint density at radius 3 is 1.91 bits per heavy atom. The van der Waals surface area contributed by atoms with Gasteiger partial charge in [0.25, 0.3) is 0 Å². The van der Waals surface area contributed by atoms with E-state index in [1.807, 2.05) is 79.7 Å². The number of ketones is 1. The van der Waals surface area contributed by atoms with Gasteiger partial charge in [0, 0.05) is 0 Å². The molecule has 0 spiro atoms. The molecule has 0 saturated heterocycles. The quantitative estimate of drug-likeness (QED) is 0.737. The zero-order chi connectivity index (χ0) is 16.7. The Morgan fingerprint density at radius 1 is 1.04 bits per heavy atom. The van der Waals surface area contributed by atoms with Crippen molar-refractivity contribution in [2.24, 2.45) is 0 Å². The van der Waals surface area contributed by atoms with Gasteiger partial charge in [0.2, 0.25) is 0 Å². The molecule has 0 bridgehead atoms. The van der Waals surface area contributed by atoms with Gasteiger partial charge in [-0.05, 0) is 25.2 Å². The minimum atomic E-state index is -1.20. The largest absolute Gasteiger partial charge is 0.345 e. The summed E-state index contributed by atoms with van der Waals surface area (Å²) < 4.78 is 6.00. The van der Waals surface area contributed by atoms with Crippen LogP contribution in [0.4, 0.5) is 0 Å². The summed E-state index contributed by atoms with van der Waals surface area (Å²) in [6.45, 7) is 0.317. The molecule has 3 nitrogen and oxygen atoms in total. The molecule has 0 saturated carbocycles. The molecule has 0 aliphatic carbocycles. The van der Waals surface area contributed by atoms with E-state index in [1.54, 1.807) is 0 Å². The Balaban J connectivity index is 2.63. The Kier molecular flexibility index (Phi) is 5.70. The molecule has 0 aromatic heterocycles. The van der Waals surface area contributed by atoms with Gasteiger partial charge in [-0.2, -0.15) is 0 Å². The van der Waals surface area contributed by atoms with Crippen LogP contribution in [0.5, 0.6) is 0 Å². The van der Waals surface area contributed by atoms with Crippen LogP contribution >= 0.6 is 0 Å². The highest BCUT2D eigenvalue weighted by Crippen LogP contribution is 2.35. The highest BCUT2D eigenvalue weighted by atomic mass is 16.5. The maximum absolute atomic E-state index is 13.1. The van der Waals surface area contributed by atoms with E-state index in [4.69, 9.17) is 11.2 Å². The number of benzene rings is 2. The maximum atomic E-state index is 13.1. The fourth-order valence-electron chi connectivity index (χ4n) is 2.63. The Hall–Kier alpha value is -2.41. The number of ether oxygens (including phenoxy) is 1. The molecular formula is C20H21NO2. The second-order valence-corrected chi connectivity index (χ2v) is 5.57. The SMILES string of the molecule is C#CCOC(C(=O)CN(C)C)(c1ccccc1)c1ccccc1. The summed E-state index contributed by atoms with van der Waals surface area (Å²) in [5.41, 5.74) is 0.376. The summed E-state index contributed by atoms with van der Waals surface area (Å²) in [4.78, 5) is 15.0. The van der Waals surface area contributed by atoms with Crippen molar-refractivity contribution < 1.29 is 9.53 Å². The standard InChI is InChI=1S/C20H21NO2/c1-4-15-23-20(19(22)16-21(2)3,17-11-7-5-8-12-17)18-13-9-6-10-14-18/h1,5-14H,15-16H2,2-3H3. The number of carbonyl (C=O) groups excluding carboxylic acids is 1. The van der Waals surface area contributed by atoms with Crippen molar-refractivity contribution in [2.45, 2.75) is 5.60 Å². The van der Waals surface area contributed by atoms with Gasteiger partial charge >= 0.3 is 0 Å². The van der Waals surface area contributed by atoms with Crippen LogP contribution in [0.2, 0.25) is 0 Å². The van der Waals surface area contributed by atoms with Crippen LogP contribution in [0.1, 0.15) is 11.1 Å². The maximum Gasteiger partial charge on any atom is 0.187 e. The van der Waals surface area contributed by atoms with E-state index < -0.39 is 5.60 Å². The highest BCUT2D eigenvalue weighted by molar-refractivity contribution is 5.93. The van der Waals surface area contributed by atoms with Crippen LogP contribution in [0, 0.1) is 12.3 Å². The van der Waals surface area contributed by atoms with Gasteiger partial charge in [-0.15, -0.1) is 6.42 Å². The van der Waals surface area contributed by atoms with Crippen molar-refractivity contribution in [3.05, 3.63) is 71.8 Å². The van der Waals surface area contributed by atoms with Crippen LogP contribution in [-0.4, -0.2) is 37.9 Å². The normalized spacial score (nSPS) is 11.2. The number of carbonyl (C=O) groups is 1. The second kappa shape index (κ2) is 7.73. The molecule has 3 heteroatoms. The van der Waals surface area contributed by atoms with Gasteiger partial charge in [0.1, 0.15) is 6.61 Å². The van der Waals surface area contributed by atoms with Gasteiger partial charge in [-0.25, -0.2) is 0 Å². The van der Waals surface area contributed by atoms with Gasteiger partial charge in [0.05, 0.1) is 6.54 Å². The molecule has 2 aromatic rings. The number of terminal acetylenes is 1. The Morgan fingerprint density at radius 2 is 1.52 bits per heavy atom. The molecule has 0 heterocycles. The van der Waals surface area contributed by atoms with Crippen LogP contribution in [0.25, 0.3) is 0 Å². The van der Waals surface area contributed by atoms with E-state index in [-0.39, 0.29) is 18.9 Å². The lowest BCUT2D eigenvalue weighted by molar-refractivity contribution is -0.139. The third-order valence-corrected chi connectivity index (χ3v) is 3.59. The van der Waals surface area contributed by atoms with Crippen molar-refractivity contribution >= 4 is 5.78 Å². The summed E-state index contributed by atoms with van der Waals surface area (Å²) in [6.07, 6.45) is 5.40. The molecule has 0 N–H and O–H groups in total. The molecule has 2 rings (SSSR count). The monoisotopic (exact) mass is 307 g/mol. The first-order valence-electron chi connectivity index (χ1n) is 7.47. The Bertz CT molecular complexity index is 632. The first-order valence-corrected chi connectivity index (χ1v) is 7.47. The lowest BCUT2D eigenvalue weighted by Gasteiger charge is -2.34. The molecule has 0 fully saturated rings. The highest BCUT2D eigenvalue weighted by Gasteiger charge is 2.42. The van der Waals surface area contributed by atoms with Gasteiger partial charge in [0.15, 0.2) is 11.4 Å². The number of rotatable bonds is 7. The molecule has 0 aliphatic heterocycles. The topological polar surface area (TPSA) is 29.5 Å². The third-order valence-electron chi connectivity index (χ3n) is 3.59. The van der Waals surface area contributed by atoms with Crippen molar-refractivity contribution in [3.63, 3.8) is 0 Å². The van der Waals surface area contributed by atoms with Crippen molar-refractivity contribution in [1.29, 1.82) is 0 Å². The lowest BCUT2D eigenvalue weighted by atomic mass is 9.82. The van der Waals surface area contributed by atoms with E-state index in [1.165, 1.54) is 0 Å². The zero-order valence-corrected chi connectivity index (χ0v) is 13.5. The zero-order valence-electron chi connectivity index (χ0n) is 13.5. The molecule has 0 amide bonds. The molecule has 0 radical (unpaired) electrons. The van der Waals surface area contributed by atoms with E-state index in [9.17, 15) is 4.79 Å². The van der Waals surface area contributed by atoms with Crippen molar-refractivity contribution in [3.8, 4) is 12.3 Å². The summed E-state index contributed by atoms with van der Waals surface area (Å²) in [5.74, 6) is 2.44.